The van der Waals surface area contributed by atoms with Crippen LogP contribution in [0, 0.1) is 6.92 Å². The molecule has 16 heavy (non-hydrogen) atoms. The Labute approximate surface area is 103 Å². The molecule has 0 aliphatic rings. The molecule has 1 aromatic carbocycles. The van der Waals surface area contributed by atoms with Crippen LogP contribution in [0.3, 0.4) is 0 Å². The van der Waals surface area contributed by atoms with Crippen molar-refractivity contribution in [2.24, 2.45) is 0 Å². The van der Waals surface area contributed by atoms with E-state index in [1.165, 1.54) is 11.3 Å². The Morgan fingerprint density at radius 3 is 2.62 bits per heavy atom. The van der Waals surface area contributed by atoms with E-state index in [9.17, 15) is 4.79 Å². The Morgan fingerprint density at radius 1 is 1.38 bits per heavy atom. The van der Waals surface area contributed by atoms with Crippen molar-refractivity contribution in [2.45, 2.75) is 13.8 Å². The molecular formula is C12H10ClNOS. The minimum atomic E-state index is 0.0494. The summed E-state index contributed by atoms with van der Waals surface area (Å²) in [6.07, 6.45) is 0. The first kappa shape index (κ1) is 11.3. The largest absolute Gasteiger partial charge is 0.294 e. The van der Waals surface area contributed by atoms with Crippen LogP contribution in [0.5, 0.6) is 0 Å². The number of aromatic nitrogens is 1. The van der Waals surface area contributed by atoms with Crippen LogP contribution < -0.4 is 0 Å². The molecule has 1 heterocycles. The van der Waals surface area contributed by atoms with E-state index in [2.05, 4.69) is 4.98 Å². The summed E-state index contributed by atoms with van der Waals surface area (Å²) < 4.78 is 0. The van der Waals surface area contributed by atoms with Crippen molar-refractivity contribution >= 4 is 28.7 Å². The molecule has 2 rings (SSSR count). The second-order valence-corrected chi connectivity index (χ2v) is 4.88. The van der Waals surface area contributed by atoms with Crippen molar-refractivity contribution in [3.63, 3.8) is 0 Å². The molecule has 0 radical (unpaired) electrons. The number of carbonyl (C=O) groups is 1. The van der Waals surface area contributed by atoms with E-state index >= 15 is 0 Å². The zero-order valence-electron chi connectivity index (χ0n) is 8.95. The van der Waals surface area contributed by atoms with Gasteiger partial charge in [0.25, 0.3) is 0 Å². The Hall–Kier alpha value is -1.19. The van der Waals surface area contributed by atoms with E-state index in [0.29, 0.717) is 9.90 Å². The molecule has 0 saturated carbocycles. The lowest BCUT2D eigenvalue weighted by atomic mass is 10.2. The number of carbonyl (C=O) groups excluding carboxylic acids is 1. The van der Waals surface area contributed by atoms with Gasteiger partial charge in [0.15, 0.2) is 5.78 Å². The van der Waals surface area contributed by atoms with Gasteiger partial charge in [-0.2, -0.15) is 0 Å². The second-order valence-electron chi connectivity index (χ2n) is 3.47. The third-order valence-electron chi connectivity index (χ3n) is 2.22. The van der Waals surface area contributed by atoms with E-state index in [1.54, 1.807) is 6.92 Å². The van der Waals surface area contributed by atoms with E-state index in [-0.39, 0.29) is 5.78 Å². The van der Waals surface area contributed by atoms with Gasteiger partial charge in [-0.1, -0.05) is 29.8 Å². The lowest BCUT2D eigenvalue weighted by Gasteiger charge is -1.97. The van der Waals surface area contributed by atoms with Gasteiger partial charge in [0.1, 0.15) is 5.01 Å². The molecule has 0 bridgehead atoms. The molecule has 0 aliphatic heterocycles. The number of Topliss-reactive ketones (excluding diaryl/α,β-unsaturated/α-hetero) is 1. The first-order valence-electron chi connectivity index (χ1n) is 4.83. The Bertz CT molecular complexity index is 548. The van der Waals surface area contributed by atoms with Gasteiger partial charge in [-0.05, 0) is 13.0 Å². The summed E-state index contributed by atoms with van der Waals surface area (Å²) in [6.45, 7) is 3.39. The summed E-state index contributed by atoms with van der Waals surface area (Å²) in [7, 11) is 0. The van der Waals surface area contributed by atoms with Crippen LogP contribution in [0.1, 0.15) is 22.3 Å². The molecule has 0 fully saturated rings. The summed E-state index contributed by atoms with van der Waals surface area (Å²) >= 11 is 7.47. The minimum absolute atomic E-state index is 0.0494. The molecule has 0 saturated heterocycles. The molecule has 1 aromatic heterocycles. The predicted molar refractivity (Wildman–Crippen MR) is 67.3 cm³/mol. The number of halogens is 1. The number of benzene rings is 1. The molecular weight excluding hydrogens is 242 g/mol. The average Bonchev–Trinajstić information content (AvgIpc) is 2.61. The smallest absolute Gasteiger partial charge is 0.171 e. The highest BCUT2D eigenvalue weighted by atomic mass is 35.5. The topological polar surface area (TPSA) is 30.0 Å². The molecule has 0 N–H and O–H groups in total. The number of aryl methyl sites for hydroxylation is 1. The molecule has 0 amide bonds. The Morgan fingerprint density at radius 2 is 2.06 bits per heavy atom. The summed E-state index contributed by atoms with van der Waals surface area (Å²) in [6, 6.07) is 7.51. The second kappa shape index (κ2) is 4.36. The van der Waals surface area contributed by atoms with Gasteiger partial charge >= 0.3 is 0 Å². The van der Waals surface area contributed by atoms with E-state index < -0.39 is 0 Å². The molecule has 0 spiro atoms. The zero-order valence-corrected chi connectivity index (χ0v) is 10.5. The number of ketones is 1. The number of thiazole rings is 1. The van der Waals surface area contributed by atoms with Crippen LogP contribution in [-0.4, -0.2) is 10.8 Å². The quantitative estimate of drug-likeness (QED) is 0.756. The molecule has 4 heteroatoms. The highest BCUT2D eigenvalue weighted by Gasteiger charge is 2.14. The van der Waals surface area contributed by atoms with E-state index in [1.807, 2.05) is 31.2 Å². The molecule has 2 aromatic rings. The highest BCUT2D eigenvalue weighted by molar-refractivity contribution is 7.17. The lowest BCUT2D eigenvalue weighted by Crippen LogP contribution is -1.89. The average molecular weight is 252 g/mol. The zero-order chi connectivity index (χ0) is 11.7. The third-order valence-corrected chi connectivity index (χ3v) is 3.84. The van der Waals surface area contributed by atoms with Crippen molar-refractivity contribution in [3.05, 3.63) is 39.9 Å². The van der Waals surface area contributed by atoms with Crippen molar-refractivity contribution in [1.29, 1.82) is 0 Å². The lowest BCUT2D eigenvalue weighted by molar-refractivity contribution is 0.102. The van der Waals surface area contributed by atoms with Crippen LogP contribution in [-0.2, 0) is 0 Å². The van der Waals surface area contributed by atoms with Crippen LogP contribution in [0.25, 0.3) is 10.6 Å². The summed E-state index contributed by atoms with van der Waals surface area (Å²) in [4.78, 5) is 16.4. The van der Waals surface area contributed by atoms with Gasteiger partial charge in [-0.15, -0.1) is 11.3 Å². The summed E-state index contributed by atoms with van der Waals surface area (Å²) in [5.74, 6) is 0.0494. The fourth-order valence-electron chi connectivity index (χ4n) is 1.47. The Kier molecular flexibility index (Phi) is 3.08. The van der Waals surface area contributed by atoms with Crippen molar-refractivity contribution < 1.29 is 4.79 Å². The molecule has 0 atom stereocenters. The molecule has 0 aliphatic carbocycles. The SMILES string of the molecule is CC(=O)c1sc(-c2ccccc2Cl)nc1C. The molecule has 2 nitrogen and oxygen atoms in total. The fraction of sp³-hybridized carbons (Fsp3) is 0.167. The van der Waals surface area contributed by atoms with Crippen LogP contribution >= 0.6 is 22.9 Å². The normalized spacial score (nSPS) is 10.4. The first-order chi connectivity index (χ1) is 7.59. The maximum absolute atomic E-state index is 11.3. The first-order valence-corrected chi connectivity index (χ1v) is 6.02. The van der Waals surface area contributed by atoms with E-state index in [4.69, 9.17) is 11.6 Å². The van der Waals surface area contributed by atoms with Gasteiger partial charge in [-0.25, -0.2) is 4.98 Å². The standard InChI is InChI=1S/C12H10ClNOS/c1-7-11(8(2)15)16-12(14-7)9-5-3-4-6-10(9)13/h3-6H,1-2H3. The van der Waals surface area contributed by atoms with Gasteiger partial charge in [-0.3, -0.25) is 4.79 Å². The Balaban J connectivity index is 2.54. The molecule has 0 unspecified atom stereocenters. The predicted octanol–water partition coefficient (Wildman–Crippen LogP) is 3.97. The van der Waals surface area contributed by atoms with Gasteiger partial charge in [0.2, 0.25) is 0 Å². The number of rotatable bonds is 2. The molecule has 82 valence electrons. The maximum atomic E-state index is 11.3. The third kappa shape index (κ3) is 2.01. The van der Waals surface area contributed by atoms with E-state index in [0.717, 1.165) is 16.3 Å². The van der Waals surface area contributed by atoms with Crippen LogP contribution in [0.2, 0.25) is 5.02 Å². The monoisotopic (exact) mass is 251 g/mol. The number of hydrogen-bond acceptors (Lipinski definition) is 3. The fourth-order valence-corrected chi connectivity index (χ4v) is 2.76. The minimum Gasteiger partial charge on any atom is -0.294 e. The van der Waals surface area contributed by atoms with Crippen LogP contribution in [0.4, 0.5) is 0 Å². The van der Waals surface area contributed by atoms with Crippen molar-refractivity contribution in [2.75, 3.05) is 0 Å². The summed E-state index contributed by atoms with van der Waals surface area (Å²) in [5.41, 5.74) is 1.65. The number of hydrogen-bond donors (Lipinski definition) is 0. The highest BCUT2D eigenvalue weighted by Crippen LogP contribution is 2.32. The van der Waals surface area contributed by atoms with Crippen molar-refractivity contribution in [3.8, 4) is 10.6 Å². The van der Waals surface area contributed by atoms with Gasteiger partial charge in [0.05, 0.1) is 15.6 Å². The van der Waals surface area contributed by atoms with Gasteiger partial charge in [0, 0.05) is 12.5 Å². The van der Waals surface area contributed by atoms with Gasteiger partial charge < -0.3 is 0 Å². The summed E-state index contributed by atoms with van der Waals surface area (Å²) in [5, 5.41) is 1.46. The van der Waals surface area contributed by atoms with Crippen LogP contribution in [0.15, 0.2) is 24.3 Å². The maximum Gasteiger partial charge on any atom is 0.171 e. The number of nitrogens with zero attached hydrogens (tertiary/aromatic N) is 1. The van der Waals surface area contributed by atoms with Crippen molar-refractivity contribution in [1.82, 2.24) is 4.98 Å².